The highest BCUT2D eigenvalue weighted by Crippen LogP contribution is 2.19. The van der Waals surface area contributed by atoms with Gasteiger partial charge in [-0.2, -0.15) is 0 Å². The van der Waals surface area contributed by atoms with Crippen LogP contribution in [-0.4, -0.2) is 92.3 Å². The highest BCUT2D eigenvalue weighted by atomic mass is 32.2. The first-order chi connectivity index (χ1) is 14.2. The third kappa shape index (κ3) is 5.07. The molecule has 3 aliphatic heterocycles. The van der Waals surface area contributed by atoms with E-state index in [2.05, 4.69) is 4.40 Å². The molecule has 0 radical (unpaired) electrons. The quantitative estimate of drug-likeness (QED) is 0.543. The van der Waals surface area contributed by atoms with Crippen LogP contribution in [0.15, 0.2) is 28.3 Å². The second-order valence-electron chi connectivity index (χ2n) is 7.44. The SMILES string of the molecule is CCOC(=O)C1CCCN(C(=O)CN(C)C(=O)C2=CN3CCS(=O)(=O)N=C3C=C2)C1. The molecule has 164 valence electrons. The predicted octanol–water partition coefficient (Wildman–Crippen LogP) is -0.256. The van der Waals surface area contributed by atoms with Crippen LogP contribution in [-0.2, 0) is 29.1 Å². The number of hydrogen-bond donors (Lipinski definition) is 0. The lowest BCUT2D eigenvalue weighted by molar-refractivity contribution is -0.151. The van der Waals surface area contributed by atoms with Crippen LogP contribution in [0.25, 0.3) is 0 Å². The standard InChI is InChI=1S/C19H26N4O6S/c1-3-29-19(26)15-5-4-8-23(12-15)17(24)13-21(2)18(25)14-6-7-16-20-30(27,28)10-9-22(16)11-14/h6-7,11,15H,3-5,8-10,12-13H2,1-2H3. The third-order valence-corrected chi connectivity index (χ3v) is 6.35. The van der Waals surface area contributed by atoms with E-state index >= 15 is 0 Å². The lowest BCUT2D eigenvalue weighted by Gasteiger charge is -2.33. The summed E-state index contributed by atoms with van der Waals surface area (Å²) in [6.07, 6.45) is 5.92. The van der Waals surface area contributed by atoms with Gasteiger partial charge in [-0.05, 0) is 31.9 Å². The fourth-order valence-electron chi connectivity index (χ4n) is 3.58. The topological polar surface area (TPSA) is 117 Å². The Hall–Kier alpha value is -2.69. The number of piperidine rings is 1. The number of ether oxygens (including phenoxy) is 1. The van der Waals surface area contributed by atoms with Gasteiger partial charge in [0.2, 0.25) is 5.91 Å². The van der Waals surface area contributed by atoms with Gasteiger partial charge in [0.05, 0.1) is 30.4 Å². The van der Waals surface area contributed by atoms with Crippen LogP contribution in [0.1, 0.15) is 19.8 Å². The lowest BCUT2D eigenvalue weighted by atomic mass is 9.98. The van der Waals surface area contributed by atoms with E-state index in [0.29, 0.717) is 38.1 Å². The number of hydrogen-bond acceptors (Lipinski definition) is 7. The smallest absolute Gasteiger partial charge is 0.310 e. The molecule has 0 aromatic heterocycles. The van der Waals surface area contributed by atoms with Crippen LogP contribution in [0.3, 0.4) is 0 Å². The minimum absolute atomic E-state index is 0.116. The lowest BCUT2D eigenvalue weighted by Crippen LogP contribution is -2.47. The number of fused-ring (bicyclic) bond motifs is 1. The molecule has 3 aliphatic rings. The maximum Gasteiger partial charge on any atom is 0.310 e. The van der Waals surface area contributed by atoms with Crippen molar-refractivity contribution in [1.29, 1.82) is 0 Å². The van der Waals surface area contributed by atoms with Crippen molar-refractivity contribution in [2.24, 2.45) is 10.3 Å². The molecule has 0 aromatic rings. The average molecular weight is 439 g/mol. The number of amidine groups is 1. The molecule has 11 heteroatoms. The van der Waals surface area contributed by atoms with Crippen LogP contribution in [0.4, 0.5) is 0 Å². The zero-order chi connectivity index (χ0) is 21.9. The molecule has 0 aromatic carbocycles. The maximum absolute atomic E-state index is 12.8. The van der Waals surface area contributed by atoms with Crippen molar-refractivity contribution >= 4 is 33.6 Å². The number of sulfonamides is 1. The van der Waals surface area contributed by atoms with Crippen molar-refractivity contribution < 1.29 is 27.5 Å². The molecule has 0 spiro atoms. The van der Waals surface area contributed by atoms with Crippen LogP contribution in [0.5, 0.6) is 0 Å². The second kappa shape index (κ2) is 8.99. The molecule has 1 saturated heterocycles. The summed E-state index contributed by atoms with van der Waals surface area (Å²) in [6, 6.07) is 0. The summed E-state index contributed by atoms with van der Waals surface area (Å²) in [5.74, 6) is -1.06. The number of carbonyl (C=O) groups is 3. The monoisotopic (exact) mass is 438 g/mol. The fourth-order valence-corrected chi connectivity index (χ4v) is 4.55. The van der Waals surface area contributed by atoms with Gasteiger partial charge in [0.25, 0.3) is 15.9 Å². The van der Waals surface area contributed by atoms with Gasteiger partial charge in [-0.25, -0.2) is 8.42 Å². The van der Waals surface area contributed by atoms with E-state index in [-0.39, 0.29) is 48.4 Å². The molecule has 2 amide bonds. The Morgan fingerprint density at radius 1 is 1.27 bits per heavy atom. The summed E-state index contributed by atoms with van der Waals surface area (Å²) >= 11 is 0. The first kappa shape index (κ1) is 22.0. The number of carbonyl (C=O) groups excluding carboxylic acids is 3. The highest BCUT2D eigenvalue weighted by Gasteiger charge is 2.31. The summed E-state index contributed by atoms with van der Waals surface area (Å²) in [7, 11) is -1.93. The van der Waals surface area contributed by atoms with Crippen molar-refractivity contribution in [1.82, 2.24) is 14.7 Å². The number of nitrogens with zero attached hydrogens (tertiary/aromatic N) is 4. The van der Waals surface area contributed by atoms with E-state index in [9.17, 15) is 22.8 Å². The Kier molecular flexibility index (Phi) is 6.59. The fraction of sp³-hybridized carbons (Fsp3) is 0.579. The Morgan fingerprint density at radius 2 is 2.03 bits per heavy atom. The van der Waals surface area contributed by atoms with Crippen molar-refractivity contribution in [2.75, 3.05) is 45.6 Å². The van der Waals surface area contributed by atoms with Gasteiger partial charge >= 0.3 is 5.97 Å². The maximum atomic E-state index is 12.8. The molecule has 1 atom stereocenters. The van der Waals surface area contributed by atoms with Crippen LogP contribution < -0.4 is 0 Å². The van der Waals surface area contributed by atoms with Gasteiger partial charge in [-0.3, -0.25) is 14.4 Å². The van der Waals surface area contributed by atoms with Crippen LogP contribution in [0, 0.1) is 5.92 Å². The molecule has 3 heterocycles. The van der Waals surface area contributed by atoms with E-state index in [1.54, 1.807) is 22.9 Å². The summed E-state index contributed by atoms with van der Waals surface area (Å²) < 4.78 is 31.9. The van der Waals surface area contributed by atoms with Crippen molar-refractivity contribution in [3.63, 3.8) is 0 Å². The van der Waals surface area contributed by atoms with Crippen LogP contribution >= 0.6 is 0 Å². The molecular weight excluding hydrogens is 412 g/mol. The second-order valence-corrected chi connectivity index (χ2v) is 9.19. The summed E-state index contributed by atoms with van der Waals surface area (Å²) in [5, 5.41) is 0. The summed E-state index contributed by atoms with van der Waals surface area (Å²) in [5.41, 5.74) is 0.339. The van der Waals surface area contributed by atoms with Crippen molar-refractivity contribution in [3.8, 4) is 0 Å². The van der Waals surface area contributed by atoms with E-state index in [4.69, 9.17) is 4.74 Å². The Bertz CT molecular complexity index is 923. The summed E-state index contributed by atoms with van der Waals surface area (Å²) in [4.78, 5) is 41.9. The number of likely N-dealkylation sites (tertiary alicyclic amines) is 1. The average Bonchev–Trinajstić information content (AvgIpc) is 2.72. The molecule has 0 aliphatic carbocycles. The number of likely N-dealkylation sites (N-methyl/N-ethyl adjacent to an activating group) is 1. The van der Waals surface area contributed by atoms with E-state index < -0.39 is 10.0 Å². The first-order valence-electron chi connectivity index (χ1n) is 9.89. The van der Waals surface area contributed by atoms with E-state index in [0.717, 1.165) is 0 Å². The summed E-state index contributed by atoms with van der Waals surface area (Å²) in [6.45, 7) is 2.99. The number of amides is 2. The molecule has 0 N–H and O–H groups in total. The van der Waals surface area contributed by atoms with Gasteiger partial charge in [0.1, 0.15) is 5.84 Å². The van der Waals surface area contributed by atoms with Crippen molar-refractivity contribution in [2.45, 2.75) is 19.8 Å². The Balaban J connectivity index is 1.59. The van der Waals surface area contributed by atoms with Gasteiger partial charge in [0.15, 0.2) is 0 Å². The van der Waals surface area contributed by atoms with E-state index in [1.807, 2.05) is 0 Å². The van der Waals surface area contributed by atoms with Gasteiger partial charge in [-0.1, -0.05) is 0 Å². The molecule has 30 heavy (non-hydrogen) atoms. The predicted molar refractivity (Wildman–Crippen MR) is 109 cm³/mol. The Labute approximate surface area is 175 Å². The zero-order valence-corrected chi connectivity index (χ0v) is 17.9. The van der Waals surface area contributed by atoms with E-state index in [1.165, 1.54) is 24.1 Å². The molecule has 0 bridgehead atoms. The molecule has 1 fully saturated rings. The highest BCUT2D eigenvalue weighted by molar-refractivity contribution is 7.90. The zero-order valence-electron chi connectivity index (χ0n) is 17.1. The molecule has 0 saturated carbocycles. The number of esters is 1. The van der Waals surface area contributed by atoms with Gasteiger partial charge in [-0.15, -0.1) is 4.40 Å². The minimum atomic E-state index is -3.46. The van der Waals surface area contributed by atoms with Crippen molar-refractivity contribution in [3.05, 3.63) is 23.9 Å². The molecular formula is C19H26N4O6S. The normalized spacial score (nSPS) is 22.5. The molecule has 1 unspecified atom stereocenters. The van der Waals surface area contributed by atoms with Crippen LogP contribution in [0.2, 0.25) is 0 Å². The number of rotatable bonds is 5. The Morgan fingerprint density at radius 3 is 2.77 bits per heavy atom. The molecule has 10 nitrogen and oxygen atoms in total. The van der Waals surface area contributed by atoms with Gasteiger partial charge < -0.3 is 19.4 Å². The largest absolute Gasteiger partial charge is 0.466 e. The van der Waals surface area contributed by atoms with Gasteiger partial charge in [0, 0.05) is 32.9 Å². The third-order valence-electron chi connectivity index (χ3n) is 5.18. The minimum Gasteiger partial charge on any atom is -0.466 e. The first-order valence-corrected chi connectivity index (χ1v) is 11.5. The molecule has 3 rings (SSSR count).